The Balaban J connectivity index is 1.14. The van der Waals surface area contributed by atoms with Crippen molar-refractivity contribution in [2.24, 2.45) is 0 Å². The van der Waals surface area contributed by atoms with Crippen LogP contribution < -0.4 is 15.7 Å². The number of benzene rings is 8. The van der Waals surface area contributed by atoms with Gasteiger partial charge < -0.3 is 9.38 Å². The highest BCUT2D eigenvalue weighted by atomic mass is 15.1. The van der Waals surface area contributed by atoms with E-state index in [-0.39, 0.29) is 33.9 Å². The quantitative estimate of drug-likeness (QED) is 0.149. The monoisotopic (exact) mass is 878 g/mol. The highest BCUT2D eigenvalue weighted by molar-refractivity contribution is 6.93. The van der Waals surface area contributed by atoms with Gasteiger partial charge in [-0.25, -0.2) is 0 Å². The molecule has 0 saturated carbocycles. The third-order valence-electron chi connectivity index (χ3n) is 17.7. The highest BCUT2D eigenvalue weighted by Gasteiger charge is 2.48. The lowest BCUT2D eigenvalue weighted by Crippen LogP contribution is -2.60. The lowest BCUT2D eigenvalue weighted by atomic mass is 9.43. The van der Waals surface area contributed by atoms with Crippen molar-refractivity contribution >= 4 is 51.0 Å². The molecule has 8 aromatic carbocycles. The van der Waals surface area contributed by atoms with Gasteiger partial charge in [0.15, 0.2) is 0 Å². The van der Waals surface area contributed by atoms with Crippen molar-refractivity contribution in [2.75, 3.05) is 4.81 Å². The Labute approximate surface area is 402 Å². The molecule has 332 valence electrons. The van der Waals surface area contributed by atoms with E-state index >= 15 is 0 Å². The summed E-state index contributed by atoms with van der Waals surface area (Å²) in [7, 11) is 0. The standard InChI is InChI=1S/C65H59BN2/c1-61(2,3)36-21-24-38(25-22-36)68-57-34-46-43-29-37(62(4,5)6)23-28-51(43)65(11,12)53(46)30-47(57)41-26-27-42-48-31-52-45(40-18-14-16-20-50(40)63(52,7)8)33-56(48)67-58-35-54-44(32-55(58)66(68)59(41)60(42)67)39-17-13-15-19-49(39)64(54,9)10/h13-35H,1-12H3. The molecule has 0 radical (unpaired) electrons. The molecule has 0 fully saturated rings. The number of rotatable bonds is 1. The molecule has 0 amide bonds. The van der Waals surface area contributed by atoms with Crippen LogP contribution in [0.5, 0.6) is 0 Å². The van der Waals surface area contributed by atoms with Crippen LogP contribution in [0, 0.1) is 0 Å². The first kappa shape index (κ1) is 40.5. The lowest BCUT2D eigenvalue weighted by Gasteiger charge is -2.43. The smallest absolute Gasteiger partial charge is 0.333 e. The summed E-state index contributed by atoms with van der Waals surface area (Å²) in [6.45, 7) is 28.5. The Morgan fingerprint density at radius 1 is 0.397 bits per heavy atom. The minimum absolute atomic E-state index is 0.0342. The second kappa shape index (κ2) is 12.5. The van der Waals surface area contributed by atoms with Gasteiger partial charge in [0, 0.05) is 49.6 Å². The summed E-state index contributed by atoms with van der Waals surface area (Å²) >= 11 is 0. The van der Waals surface area contributed by atoms with Gasteiger partial charge in [-0.1, -0.05) is 180 Å². The molecule has 2 aliphatic heterocycles. The Kier molecular flexibility index (Phi) is 7.47. The molecular weight excluding hydrogens is 820 g/mol. The zero-order valence-corrected chi connectivity index (χ0v) is 41.8. The fourth-order valence-electron chi connectivity index (χ4n) is 13.9. The fraction of sp³-hybridized carbons (Fsp3) is 0.262. The molecule has 0 spiro atoms. The fourth-order valence-corrected chi connectivity index (χ4v) is 13.9. The predicted molar refractivity (Wildman–Crippen MR) is 290 cm³/mol. The second-order valence-corrected chi connectivity index (χ2v) is 24.6. The summed E-state index contributed by atoms with van der Waals surface area (Å²) in [4.78, 5) is 2.75. The molecule has 0 bridgehead atoms. The van der Waals surface area contributed by atoms with E-state index in [1.54, 1.807) is 0 Å². The van der Waals surface area contributed by atoms with Gasteiger partial charge in [0.2, 0.25) is 0 Å². The molecule has 0 unspecified atom stereocenters. The third kappa shape index (κ3) is 4.90. The molecule has 0 N–H and O–H groups in total. The van der Waals surface area contributed by atoms with Crippen LogP contribution in [-0.2, 0) is 27.1 Å². The van der Waals surface area contributed by atoms with Crippen LogP contribution in [0.15, 0.2) is 140 Å². The van der Waals surface area contributed by atoms with E-state index in [2.05, 4.69) is 232 Å². The summed E-state index contributed by atoms with van der Waals surface area (Å²) < 4.78 is 2.70. The first-order valence-corrected chi connectivity index (χ1v) is 25.0. The van der Waals surface area contributed by atoms with Gasteiger partial charge >= 0.3 is 6.85 Å². The van der Waals surface area contributed by atoms with Gasteiger partial charge in [-0.3, -0.25) is 0 Å². The molecule has 5 aliphatic rings. The summed E-state index contributed by atoms with van der Waals surface area (Å²) in [6, 6.07) is 55.7. The van der Waals surface area contributed by atoms with Crippen molar-refractivity contribution < 1.29 is 0 Å². The number of fused-ring (bicyclic) bond motifs is 17. The maximum absolute atomic E-state index is 2.75. The number of hydrogen-bond acceptors (Lipinski definition) is 1. The zero-order chi connectivity index (χ0) is 46.9. The molecule has 68 heavy (non-hydrogen) atoms. The number of aromatic nitrogens is 1. The molecule has 14 rings (SSSR count). The first-order valence-electron chi connectivity index (χ1n) is 25.0. The molecule has 3 heterocycles. The normalized spacial score (nSPS) is 16.8. The van der Waals surface area contributed by atoms with Gasteiger partial charge in [0.25, 0.3) is 0 Å². The van der Waals surface area contributed by atoms with E-state index in [0.717, 1.165) is 0 Å². The number of anilines is 2. The van der Waals surface area contributed by atoms with Crippen LogP contribution in [0.2, 0.25) is 0 Å². The van der Waals surface area contributed by atoms with Crippen molar-refractivity contribution in [3.8, 4) is 50.2 Å². The van der Waals surface area contributed by atoms with E-state index in [9.17, 15) is 0 Å². The van der Waals surface area contributed by atoms with Gasteiger partial charge in [-0.15, -0.1) is 0 Å². The van der Waals surface area contributed by atoms with Crippen LogP contribution in [0.3, 0.4) is 0 Å². The molecule has 0 saturated heterocycles. The Morgan fingerprint density at radius 2 is 0.941 bits per heavy atom. The lowest BCUT2D eigenvalue weighted by molar-refractivity contribution is 0.589. The Morgan fingerprint density at radius 3 is 1.59 bits per heavy atom. The summed E-state index contributed by atoms with van der Waals surface area (Å²) in [6.07, 6.45) is 0. The minimum atomic E-state index is -0.153. The highest BCUT2D eigenvalue weighted by Crippen LogP contribution is 2.57. The van der Waals surface area contributed by atoms with Crippen LogP contribution >= 0.6 is 0 Å². The second-order valence-electron chi connectivity index (χ2n) is 24.6. The SMILES string of the molecule is CC(C)(C)c1ccc(N2B3c4cc5c(cc4-n4c6cc7c(cc6c6ccc(c3c64)-c3cc4c(cc32)-c2cc(C(C)(C)C)ccc2C4(C)C)C(C)(C)c2ccccc2-7)C(C)(C)c2ccccc2-5)cc1. The molecule has 3 heteroatoms. The summed E-state index contributed by atoms with van der Waals surface area (Å²) in [5.41, 5.74) is 30.9. The van der Waals surface area contributed by atoms with Gasteiger partial charge in [-0.2, -0.15) is 0 Å². The molecule has 2 nitrogen and oxygen atoms in total. The molecule has 0 atom stereocenters. The average molecular weight is 879 g/mol. The number of nitrogens with zero attached hydrogens (tertiary/aromatic N) is 2. The Hall–Kier alpha value is -6.58. The van der Waals surface area contributed by atoms with Crippen LogP contribution in [0.4, 0.5) is 11.4 Å². The first-order chi connectivity index (χ1) is 32.3. The molecule has 9 aromatic rings. The van der Waals surface area contributed by atoms with Crippen molar-refractivity contribution in [3.63, 3.8) is 0 Å². The van der Waals surface area contributed by atoms with E-state index in [0.29, 0.717) is 0 Å². The van der Waals surface area contributed by atoms with E-state index < -0.39 is 0 Å². The van der Waals surface area contributed by atoms with Gasteiger partial charge in [0.1, 0.15) is 0 Å². The summed E-state index contributed by atoms with van der Waals surface area (Å²) in [5.74, 6) is 0. The molecular formula is C65H59BN2. The van der Waals surface area contributed by atoms with E-state index in [4.69, 9.17) is 0 Å². The minimum Gasteiger partial charge on any atom is -0.376 e. The molecule has 3 aliphatic carbocycles. The van der Waals surface area contributed by atoms with Gasteiger partial charge in [-0.05, 0) is 148 Å². The Bertz CT molecular complexity index is 3780. The van der Waals surface area contributed by atoms with E-state index in [1.165, 1.54) is 139 Å². The van der Waals surface area contributed by atoms with Gasteiger partial charge in [0.05, 0.1) is 11.0 Å². The largest absolute Gasteiger partial charge is 0.376 e. The average Bonchev–Trinajstić information content (AvgIpc) is 3.92. The van der Waals surface area contributed by atoms with E-state index in [1.807, 2.05) is 0 Å². The third-order valence-corrected chi connectivity index (χ3v) is 17.7. The van der Waals surface area contributed by atoms with Crippen molar-refractivity contribution in [1.29, 1.82) is 0 Å². The topological polar surface area (TPSA) is 8.17 Å². The maximum Gasteiger partial charge on any atom is 0.333 e. The van der Waals surface area contributed by atoms with Crippen LogP contribution in [0.1, 0.15) is 128 Å². The predicted octanol–water partition coefficient (Wildman–Crippen LogP) is 15.5. The van der Waals surface area contributed by atoms with Crippen LogP contribution in [-0.4, -0.2) is 11.4 Å². The number of hydrogen-bond donors (Lipinski definition) is 0. The van der Waals surface area contributed by atoms with Crippen molar-refractivity contribution in [3.05, 3.63) is 184 Å². The zero-order valence-electron chi connectivity index (χ0n) is 41.8. The van der Waals surface area contributed by atoms with Crippen molar-refractivity contribution in [2.45, 2.75) is 110 Å². The maximum atomic E-state index is 2.75. The molecule has 1 aromatic heterocycles. The summed E-state index contributed by atoms with van der Waals surface area (Å²) in [5, 5.41) is 2.67. The van der Waals surface area contributed by atoms with Crippen molar-refractivity contribution in [1.82, 2.24) is 4.57 Å². The van der Waals surface area contributed by atoms with Crippen LogP contribution in [0.25, 0.3) is 72.0 Å².